The Morgan fingerprint density at radius 1 is 0.810 bits per heavy atom. The number of rotatable bonds is 3. The average molecular weight is 293 g/mol. The molecule has 0 unspecified atom stereocenters. The predicted molar refractivity (Wildman–Crippen MR) is 89.7 cm³/mol. The van der Waals surface area contributed by atoms with Crippen molar-refractivity contribution in [1.29, 1.82) is 0 Å². The first-order chi connectivity index (χ1) is 10.3. The van der Waals surface area contributed by atoms with E-state index in [2.05, 4.69) is 35.5 Å². The van der Waals surface area contributed by atoms with Gasteiger partial charge in [-0.05, 0) is 41.1 Å². The highest BCUT2D eigenvalue weighted by molar-refractivity contribution is 7.98. The SMILES string of the molecule is CSc1ccc(-c2cc(-c3ccccc3)[nH]c(=O)c2)cc1. The van der Waals surface area contributed by atoms with Gasteiger partial charge in [0.15, 0.2) is 0 Å². The van der Waals surface area contributed by atoms with Crippen molar-refractivity contribution in [1.82, 2.24) is 4.98 Å². The smallest absolute Gasteiger partial charge is 0.249 e. The molecule has 3 rings (SSSR count). The van der Waals surface area contributed by atoms with Gasteiger partial charge in [-0.1, -0.05) is 42.5 Å². The molecular weight excluding hydrogens is 278 g/mol. The van der Waals surface area contributed by atoms with Gasteiger partial charge in [-0.2, -0.15) is 0 Å². The van der Waals surface area contributed by atoms with Gasteiger partial charge >= 0.3 is 0 Å². The monoisotopic (exact) mass is 293 g/mol. The largest absolute Gasteiger partial charge is 0.322 e. The summed E-state index contributed by atoms with van der Waals surface area (Å²) in [5.41, 5.74) is 3.76. The van der Waals surface area contributed by atoms with Gasteiger partial charge in [-0.15, -0.1) is 11.8 Å². The predicted octanol–water partition coefficient (Wildman–Crippen LogP) is 4.43. The van der Waals surface area contributed by atoms with Crippen LogP contribution in [-0.2, 0) is 0 Å². The van der Waals surface area contributed by atoms with Gasteiger partial charge in [-0.25, -0.2) is 0 Å². The number of hydrogen-bond acceptors (Lipinski definition) is 2. The number of benzene rings is 2. The van der Waals surface area contributed by atoms with Crippen LogP contribution < -0.4 is 5.56 Å². The van der Waals surface area contributed by atoms with E-state index in [0.29, 0.717) is 0 Å². The number of aromatic amines is 1. The number of thioether (sulfide) groups is 1. The van der Waals surface area contributed by atoms with Crippen molar-refractivity contribution in [3.8, 4) is 22.4 Å². The topological polar surface area (TPSA) is 32.9 Å². The molecule has 0 saturated heterocycles. The summed E-state index contributed by atoms with van der Waals surface area (Å²) < 4.78 is 0. The highest BCUT2D eigenvalue weighted by Gasteiger charge is 2.04. The van der Waals surface area contributed by atoms with E-state index in [1.165, 1.54) is 4.90 Å². The minimum Gasteiger partial charge on any atom is -0.322 e. The van der Waals surface area contributed by atoms with Gasteiger partial charge in [0.05, 0.1) is 0 Å². The van der Waals surface area contributed by atoms with Crippen LogP contribution in [0.15, 0.2) is 76.4 Å². The van der Waals surface area contributed by atoms with Crippen LogP contribution in [0, 0.1) is 0 Å². The van der Waals surface area contributed by atoms with Crippen molar-refractivity contribution in [2.45, 2.75) is 4.90 Å². The first-order valence-corrected chi connectivity index (χ1v) is 7.93. The molecular formula is C18H15NOS. The van der Waals surface area contributed by atoms with Crippen LogP contribution in [0.25, 0.3) is 22.4 Å². The van der Waals surface area contributed by atoms with Gasteiger partial charge in [0.2, 0.25) is 5.56 Å². The third-order valence-corrected chi connectivity index (χ3v) is 4.10. The molecule has 21 heavy (non-hydrogen) atoms. The van der Waals surface area contributed by atoms with E-state index < -0.39 is 0 Å². The fraction of sp³-hybridized carbons (Fsp3) is 0.0556. The Bertz CT molecular complexity index is 791. The van der Waals surface area contributed by atoms with Gasteiger partial charge in [0.1, 0.15) is 0 Å². The van der Waals surface area contributed by atoms with Gasteiger partial charge in [-0.3, -0.25) is 4.79 Å². The maximum absolute atomic E-state index is 11.9. The number of nitrogens with one attached hydrogen (secondary N) is 1. The van der Waals surface area contributed by atoms with Crippen LogP contribution in [0.3, 0.4) is 0 Å². The Balaban J connectivity index is 2.07. The van der Waals surface area contributed by atoms with Crippen molar-refractivity contribution < 1.29 is 0 Å². The Morgan fingerprint density at radius 3 is 2.19 bits per heavy atom. The lowest BCUT2D eigenvalue weighted by atomic mass is 10.0. The second-order valence-electron chi connectivity index (χ2n) is 4.74. The molecule has 0 aliphatic rings. The zero-order valence-electron chi connectivity index (χ0n) is 11.7. The van der Waals surface area contributed by atoms with Gasteiger partial charge in [0.25, 0.3) is 0 Å². The van der Waals surface area contributed by atoms with Crippen molar-refractivity contribution >= 4 is 11.8 Å². The lowest BCUT2D eigenvalue weighted by molar-refractivity contribution is 1.24. The molecule has 0 radical (unpaired) electrons. The zero-order valence-corrected chi connectivity index (χ0v) is 12.5. The second-order valence-corrected chi connectivity index (χ2v) is 5.62. The standard InChI is InChI=1S/C18H15NOS/c1-21-16-9-7-13(8-10-16)15-11-17(19-18(20)12-15)14-5-3-2-4-6-14/h2-12H,1H3,(H,19,20). The van der Waals surface area contributed by atoms with E-state index in [1.54, 1.807) is 17.8 Å². The number of pyridine rings is 1. The molecule has 0 spiro atoms. The molecule has 1 aromatic heterocycles. The van der Waals surface area contributed by atoms with Crippen molar-refractivity contribution in [3.05, 3.63) is 77.1 Å². The first-order valence-electron chi connectivity index (χ1n) is 6.70. The molecule has 0 bridgehead atoms. The van der Waals surface area contributed by atoms with Gasteiger partial charge in [0, 0.05) is 16.7 Å². The molecule has 0 aliphatic carbocycles. The average Bonchev–Trinajstić information content (AvgIpc) is 2.55. The molecule has 0 atom stereocenters. The van der Waals surface area contributed by atoms with Crippen molar-refractivity contribution in [3.63, 3.8) is 0 Å². The second kappa shape index (κ2) is 6.02. The Hall–Kier alpha value is -2.26. The third kappa shape index (κ3) is 3.09. The van der Waals surface area contributed by atoms with Gasteiger partial charge < -0.3 is 4.98 Å². The van der Waals surface area contributed by atoms with Crippen LogP contribution in [0.5, 0.6) is 0 Å². The lowest BCUT2D eigenvalue weighted by Crippen LogP contribution is -2.05. The van der Waals surface area contributed by atoms with E-state index in [4.69, 9.17) is 0 Å². The molecule has 1 heterocycles. The fourth-order valence-corrected chi connectivity index (χ4v) is 2.67. The van der Waals surface area contributed by atoms with E-state index in [9.17, 15) is 4.79 Å². The van der Waals surface area contributed by atoms with Crippen LogP contribution in [0.1, 0.15) is 0 Å². The summed E-state index contributed by atoms with van der Waals surface area (Å²) in [4.78, 5) is 16.0. The molecule has 0 fully saturated rings. The number of hydrogen-bond donors (Lipinski definition) is 1. The van der Waals surface area contributed by atoms with Crippen molar-refractivity contribution in [2.75, 3.05) is 6.26 Å². The molecule has 0 saturated carbocycles. The molecule has 1 N–H and O–H groups in total. The number of H-pyrrole nitrogens is 1. The summed E-state index contributed by atoms with van der Waals surface area (Å²) in [5, 5.41) is 0. The number of aromatic nitrogens is 1. The molecule has 2 aromatic carbocycles. The fourth-order valence-electron chi connectivity index (χ4n) is 2.27. The van der Waals surface area contributed by atoms with Crippen LogP contribution in [-0.4, -0.2) is 11.2 Å². The normalized spacial score (nSPS) is 10.5. The molecule has 2 nitrogen and oxygen atoms in total. The minimum atomic E-state index is -0.0831. The Labute approximate surface area is 127 Å². The highest BCUT2D eigenvalue weighted by Crippen LogP contribution is 2.25. The Morgan fingerprint density at radius 2 is 1.52 bits per heavy atom. The van der Waals surface area contributed by atoms with Crippen LogP contribution >= 0.6 is 11.8 Å². The van der Waals surface area contributed by atoms with E-state index in [-0.39, 0.29) is 5.56 Å². The lowest BCUT2D eigenvalue weighted by Gasteiger charge is -2.06. The quantitative estimate of drug-likeness (QED) is 0.725. The zero-order chi connectivity index (χ0) is 14.7. The van der Waals surface area contributed by atoms with E-state index in [1.807, 2.05) is 36.4 Å². The van der Waals surface area contributed by atoms with E-state index >= 15 is 0 Å². The summed E-state index contributed by atoms with van der Waals surface area (Å²) in [7, 11) is 0. The highest BCUT2D eigenvalue weighted by atomic mass is 32.2. The summed E-state index contributed by atoms with van der Waals surface area (Å²) in [6.07, 6.45) is 2.05. The summed E-state index contributed by atoms with van der Waals surface area (Å²) >= 11 is 1.71. The minimum absolute atomic E-state index is 0.0831. The molecule has 3 aromatic rings. The van der Waals surface area contributed by atoms with Crippen LogP contribution in [0.4, 0.5) is 0 Å². The summed E-state index contributed by atoms with van der Waals surface area (Å²) in [6, 6.07) is 21.8. The molecule has 0 amide bonds. The summed E-state index contributed by atoms with van der Waals surface area (Å²) in [6.45, 7) is 0. The van der Waals surface area contributed by atoms with Crippen molar-refractivity contribution in [2.24, 2.45) is 0 Å². The van der Waals surface area contributed by atoms with E-state index in [0.717, 1.165) is 22.4 Å². The van der Waals surface area contributed by atoms with Crippen LogP contribution in [0.2, 0.25) is 0 Å². The maximum atomic E-state index is 11.9. The third-order valence-electron chi connectivity index (χ3n) is 3.35. The molecule has 104 valence electrons. The molecule has 3 heteroatoms. The first kappa shape index (κ1) is 13.7. The maximum Gasteiger partial charge on any atom is 0.249 e. The molecule has 0 aliphatic heterocycles. The Kier molecular flexibility index (Phi) is 3.93. The summed E-state index contributed by atoms with van der Waals surface area (Å²) in [5.74, 6) is 0.